The topological polar surface area (TPSA) is 87.3 Å². The van der Waals surface area contributed by atoms with Gasteiger partial charge in [-0.05, 0) is 55.0 Å². The Balaban J connectivity index is 1.22. The molecule has 3 aromatic carbocycles. The van der Waals surface area contributed by atoms with E-state index in [0.29, 0.717) is 30.5 Å². The van der Waals surface area contributed by atoms with Crippen molar-refractivity contribution in [3.8, 4) is 0 Å². The molecule has 0 bridgehead atoms. The van der Waals surface area contributed by atoms with E-state index in [1.807, 2.05) is 25.1 Å². The van der Waals surface area contributed by atoms with Gasteiger partial charge in [-0.15, -0.1) is 22.7 Å². The number of anilines is 1. The number of hydrazine groups is 1. The molecule has 0 aliphatic carbocycles. The van der Waals surface area contributed by atoms with E-state index in [1.165, 1.54) is 34.8 Å². The van der Waals surface area contributed by atoms with Crippen LogP contribution >= 0.6 is 57.5 Å². The largest absolute Gasteiger partial charge is 0.321 e. The van der Waals surface area contributed by atoms with E-state index in [2.05, 4.69) is 16.2 Å². The molecule has 6 nitrogen and oxygen atoms in total. The Kier molecular flexibility index (Phi) is 7.11. The van der Waals surface area contributed by atoms with Crippen LogP contribution in [0.4, 0.5) is 5.69 Å². The monoisotopic (exact) mass is 587 g/mol. The van der Waals surface area contributed by atoms with Crippen LogP contribution in [0.15, 0.2) is 60.7 Å². The van der Waals surface area contributed by atoms with Crippen LogP contribution < -0.4 is 16.2 Å². The molecular formula is C26H16Cl3N3O3S2. The number of hydrogen-bond donors (Lipinski definition) is 3. The average Bonchev–Trinajstić information content (AvgIpc) is 3.38. The highest BCUT2D eigenvalue weighted by Crippen LogP contribution is 2.37. The summed E-state index contributed by atoms with van der Waals surface area (Å²) in [6, 6.07) is 17.2. The molecule has 0 fully saturated rings. The second kappa shape index (κ2) is 10.3. The van der Waals surface area contributed by atoms with Gasteiger partial charge in [0.05, 0.1) is 10.0 Å². The molecule has 11 heteroatoms. The fourth-order valence-electron chi connectivity index (χ4n) is 3.64. The number of fused-ring (bicyclic) bond motifs is 2. The van der Waals surface area contributed by atoms with Crippen LogP contribution in [0, 0.1) is 6.92 Å². The van der Waals surface area contributed by atoms with Gasteiger partial charge in [0.2, 0.25) is 0 Å². The van der Waals surface area contributed by atoms with Crippen LogP contribution in [-0.4, -0.2) is 17.7 Å². The van der Waals surface area contributed by atoms with E-state index >= 15 is 0 Å². The number of halogens is 3. The van der Waals surface area contributed by atoms with E-state index in [0.717, 1.165) is 25.7 Å². The summed E-state index contributed by atoms with van der Waals surface area (Å²) in [6.07, 6.45) is 0. The number of carbonyl (C=O) groups excluding carboxylic acids is 3. The van der Waals surface area contributed by atoms with E-state index in [9.17, 15) is 14.4 Å². The lowest BCUT2D eigenvalue weighted by Gasteiger charge is -2.08. The highest BCUT2D eigenvalue weighted by Gasteiger charge is 2.19. The third-order valence-electron chi connectivity index (χ3n) is 5.48. The van der Waals surface area contributed by atoms with Gasteiger partial charge in [0, 0.05) is 36.4 Å². The van der Waals surface area contributed by atoms with E-state index in [1.54, 1.807) is 30.3 Å². The molecule has 0 unspecified atom stereocenters. The van der Waals surface area contributed by atoms with Crippen molar-refractivity contribution < 1.29 is 14.4 Å². The Morgan fingerprint density at radius 2 is 1.24 bits per heavy atom. The highest BCUT2D eigenvalue weighted by molar-refractivity contribution is 7.22. The zero-order valence-electron chi connectivity index (χ0n) is 18.9. The van der Waals surface area contributed by atoms with Gasteiger partial charge < -0.3 is 5.32 Å². The maximum Gasteiger partial charge on any atom is 0.281 e. The minimum atomic E-state index is -0.524. The standard InChI is InChI=1S/C26H16Cl3N3O3S2/c1-12-2-8-16-18(10-12)36-23(21(16)29)26(35)32-31-24(33)13-3-6-15(7-4-13)30-25(34)22-20(28)17-9-5-14(27)11-19(17)37-22/h2-11H,1H3,(H,30,34)(H,31,33)(H,32,35). The van der Waals surface area contributed by atoms with Crippen molar-refractivity contribution >= 4 is 101 Å². The van der Waals surface area contributed by atoms with Crippen molar-refractivity contribution in [2.24, 2.45) is 0 Å². The maximum atomic E-state index is 12.8. The smallest absolute Gasteiger partial charge is 0.281 e. The minimum absolute atomic E-state index is 0.283. The summed E-state index contributed by atoms with van der Waals surface area (Å²) in [5, 5.41) is 5.57. The van der Waals surface area contributed by atoms with Gasteiger partial charge in [0.25, 0.3) is 17.7 Å². The van der Waals surface area contributed by atoms with Gasteiger partial charge in [-0.25, -0.2) is 0 Å². The van der Waals surface area contributed by atoms with Gasteiger partial charge in [-0.3, -0.25) is 25.2 Å². The molecule has 0 radical (unpaired) electrons. The molecule has 0 aliphatic heterocycles. The number of aryl methyl sites for hydroxylation is 1. The summed E-state index contributed by atoms with van der Waals surface area (Å²) in [4.78, 5) is 38.6. The lowest BCUT2D eigenvalue weighted by atomic mass is 10.2. The lowest BCUT2D eigenvalue weighted by molar-refractivity contribution is 0.0849. The number of thiophene rings is 2. The minimum Gasteiger partial charge on any atom is -0.321 e. The first kappa shape index (κ1) is 25.5. The molecule has 0 spiro atoms. The van der Waals surface area contributed by atoms with Crippen molar-refractivity contribution in [1.29, 1.82) is 0 Å². The van der Waals surface area contributed by atoms with E-state index in [4.69, 9.17) is 34.8 Å². The quantitative estimate of drug-likeness (QED) is 0.188. The normalized spacial score (nSPS) is 11.0. The summed E-state index contributed by atoms with van der Waals surface area (Å²) in [6.45, 7) is 1.96. The summed E-state index contributed by atoms with van der Waals surface area (Å²) in [7, 11) is 0. The number of amides is 3. The second-order valence-electron chi connectivity index (χ2n) is 8.07. The molecule has 0 saturated carbocycles. The molecule has 2 aromatic heterocycles. The molecule has 5 rings (SSSR count). The van der Waals surface area contributed by atoms with Gasteiger partial charge >= 0.3 is 0 Å². The Morgan fingerprint density at radius 3 is 1.92 bits per heavy atom. The molecule has 3 N–H and O–H groups in total. The molecule has 0 saturated heterocycles. The first-order chi connectivity index (χ1) is 17.7. The van der Waals surface area contributed by atoms with Crippen molar-refractivity contribution in [1.82, 2.24) is 10.9 Å². The van der Waals surface area contributed by atoms with E-state index in [-0.39, 0.29) is 11.5 Å². The Morgan fingerprint density at radius 1 is 0.676 bits per heavy atom. The van der Waals surface area contributed by atoms with Gasteiger partial charge in [-0.1, -0.05) is 53.0 Å². The SMILES string of the molecule is Cc1ccc2c(Cl)c(C(=O)NNC(=O)c3ccc(NC(=O)c4sc5cc(Cl)ccc5c4Cl)cc3)sc2c1. The van der Waals surface area contributed by atoms with Crippen molar-refractivity contribution in [2.75, 3.05) is 5.32 Å². The zero-order chi connectivity index (χ0) is 26.3. The summed E-state index contributed by atoms with van der Waals surface area (Å²) in [5.41, 5.74) is 6.61. The predicted octanol–water partition coefficient (Wildman–Crippen LogP) is 7.71. The van der Waals surface area contributed by atoms with Crippen LogP contribution in [0.25, 0.3) is 20.2 Å². The van der Waals surface area contributed by atoms with Gasteiger partial charge in [-0.2, -0.15) is 0 Å². The molecular weight excluding hydrogens is 573 g/mol. The van der Waals surface area contributed by atoms with Crippen molar-refractivity contribution in [3.05, 3.63) is 96.6 Å². The van der Waals surface area contributed by atoms with Gasteiger partial charge in [0.1, 0.15) is 9.75 Å². The molecule has 3 amide bonds. The first-order valence-electron chi connectivity index (χ1n) is 10.8. The molecule has 37 heavy (non-hydrogen) atoms. The molecule has 5 aromatic rings. The fourth-order valence-corrected chi connectivity index (χ4v) is 6.84. The summed E-state index contributed by atoms with van der Waals surface area (Å²) < 4.78 is 1.70. The van der Waals surface area contributed by atoms with E-state index < -0.39 is 11.8 Å². The molecule has 186 valence electrons. The van der Waals surface area contributed by atoms with Gasteiger partial charge in [0.15, 0.2) is 0 Å². The molecule has 0 atom stereocenters. The van der Waals surface area contributed by atoms with Crippen LogP contribution in [0.5, 0.6) is 0 Å². The number of rotatable bonds is 4. The first-order valence-corrected chi connectivity index (χ1v) is 13.6. The maximum absolute atomic E-state index is 12.8. The second-order valence-corrected chi connectivity index (χ2v) is 11.4. The zero-order valence-corrected chi connectivity index (χ0v) is 22.8. The number of benzene rings is 3. The molecule has 0 aliphatic rings. The Labute approximate surface area is 234 Å². The Hall–Kier alpha value is -3.14. The summed E-state index contributed by atoms with van der Waals surface area (Å²) in [5.74, 6) is -1.41. The number of hydrogen-bond acceptors (Lipinski definition) is 5. The van der Waals surface area contributed by atoms with Crippen molar-refractivity contribution in [2.45, 2.75) is 6.92 Å². The van der Waals surface area contributed by atoms with Crippen LogP contribution in [0.1, 0.15) is 35.3 Å². The number of nitrogens with one attached hydrogen (secondary N) is 3. The highest BCUT2D eigenvalue weighted by atomic mass is 35.5. The third-order valence-corrected chi connectivity index (χ3v) is 9.03. The number of carbonyl (C=O) groups is 3. The van der Waals surface area contributed by atoms with Crippen LogP contribution in [-0.2, 0) is 0 Å². The fraction of sp³-hybridized carbons (Fsp3) is 0.0385. The molecule has 2 heterocycles. The van der Waals surface area contributed by atoms with Crippen LogP contribution in [0.2, 0.25) is 15.1 Å². The lowest BCUT2D eigenvalue weighted by Crippen LogP contribution is -2.41. The third kappa shape index (κ3) is 5.16. The Bertz CT molecular complexity index is 1710. The summed E-state index contributed by atoms with van der Waals surface area (Å²) >= 11 is 21.3. The average molecular weight is 589 g/mol. The predicted molar refractivity (Wildman–Crippen MR) is 153 cm³/mol. The van der Waals surface area contributed by atoms with Crippen LogP contribution in [0.3, 0.4) is 0 Å². The van der Waals surface area contributed by atoms with Crippen molar-refractivity contribution in [3.63, 3.8) is 0 Å².